The quantitative estimate of drug-likeness (QED) is 0.191. The second-order valence-corrected chi connectivity index (χ2v) is 5.14. The van der Waals surface area contributed by atoms with Crippen LogP contribution in [0.1, 0.15) is 0 Å². The molecule has 0 aromatic carbocycles. The van der Waals surface area contributed by atoms with Gasteiger partial charge in [-0.05, 0) is 24.3 Å². The zero-order valence-corrected chi connectivity index (χ0v) is 23.0. The molecule has 0 spiro atoms. The number of ether oxygens (including phenoxy) is 4. The summed E-state index contributed by atoms with van der Waals surface area (Å²) in [6.07, 6.45) is -1.27. The average molecular weight is 591 g/mol. The van der Waals surface area contributed by atoms with E-state index >= 15 is 0 Å². The molecule has 0 aliphatic carbocycles. The van der Waals surface area contributed by atoms with E-state index in [-0.39, 0.29) is 90.1 Å². The van der Waals surface area contributed by atoms with Crippen molar-refractivity contribution in [2.24, 2.45) is 0 Å². The predicted octanol–water partition coefficient (Wildman–Crippen LogP) is -1.58. The molecule has 0 radical (unpaired) electrons. The molecule has 4 aromatic rings. The SMILES string of the molecule is O.O=C([O-])Oc1ccco1.O=C([O-])Oc1ccco1.O=C([O-])Oc1ccco1.O=C([O-])Oc1ccco1.[Ca+2].[Mg+2]. The molecule has 2 N–H and O–H groups in total. The second-order valence-electron chi connectivity index (χ2n) is 5.14. The summed E-state index contributed by atoms with van der Waals surface area (Å²) in [6, 6.07) is 11.5. The van der Waals surface area contributed by atoms with Gasteiger partial charge in [0.2, 0.25) is 23.8 Å². The van der Waals surface area contributed by atoms with Gasteiger partial charge < -0.3 is 81.7 Å². The van der Waals surface area contributed by atoms with Crippen molar-refractivity contribution in [3.05, 3.63) is 73.6 Å². The Morgan fingerprint density at radius 1 is 0.487 bits per heavy atom. The molecule has 0 aliphatic rings. The summed E-state index contributed by atoms with van der Waals surface area (Å²) in [7, 11) is 0. The van der Waals surface area contributed by atoms with Gasteiger partial charge in [0.05, 0.1) is 25.1 Å². The van der Waals surface area contributed by atoms with Crippen LogP contribution in [-0.2, 0) is 0 Å². The van der Waals surface area contributed by atoms with Crippen LogP contribution in [0.15, 0.2) is 91.3 Å². The Bertz CT molecular complexity index is 954. The van der Waals surface area contributed by atoms with Gasteiger partial charge in [-0.1, -0.05) is 0 Å². The Kier molecular flexibility index (Phi) is 23.7. The van der Waals surface area contributed by atoms with E-state index in [1.54, 1.807) is 0 Å². The van der Waals surface area contributed by atoms with Crippen LogP contribution < -0.4 is 39.4 Å². The van der Waals surface area contributed by atoms with Crippen LogP contribution in [-0.4, -0.2) is 90.9 Å². The van der Waals surface area contributed by atoms with Gasteiger partial charge in [-0.2, -0.15) is 0 Å². The van der Waals surface area contributed by atoms with Crippen molar-refractivity contribution >= 4 is 85.4 Å². The summed E-state index contributed by atoms with van der Waals surface area (Å²) >= 11 is 0. The Morgan fingerprint density at radius 2 is 0.667 bits per heavy atom. The van der Waals surface area contributed by atoms with Crippen LogP contribution in [0.3, 0.4) is 0 Å². The molecule has 0 aliphatic heterocycles. The fourth-order valence-corrected chi connectivity index (χ4v) is 1.61. The minimum Gasteiger partial charge on any atom is -0.484 e. The van der Waals surface area contributed by atoms with E-state index < -0.39 is 24.6 Å². The fourth-order valence-electron chi connectivity index (χ4n) is 1.61. The number of hydrogen-bond donors (Lipinski definition) is 0. The maximum absolute atomic E-state index is 9.67. The Morgan fingerprint density at radius 3 is 0.769 bits per heavy atom. The number of carboxylic acid groups (broad SMARTS) is 4. The molecular formula is C20H14CaMgO17. The summed E-state index contributed by atoms with van der Waals surface area (Å²) in [5, 5.41) is 38.7. The molecule has 39 heavy (non-hydrogen) atoms. The molecule has 0 unspecified atom stereocenters. The average Bonchev–Trinajstić information content (AvgIpc) is 3.58. The van der Waals surface area contributed by atoms with Crippen molar-refractivity contribution in [3.63, 3.8) is 0 Å². The van der Waals surface area contributed by atoms with Gasteiger partial charge in [-0.3, -0.25) is 0 Å². The largest absolute Gasteiger partial charge is 2.00 e. The minimum absolute atomic E-state index is 0. The van der Waals surface area contributed by atoms with E-state index in [2.05, 4.69) is 36.6 Å². The van der Waals surface area contributed by atoms with E-state index in [0.717, 1.165) is 0 Å². The van der Waals surface area contributed by atoms with Crippen molar-refractivity contribution in [2.45, 2.75) is 0 Å². The number of furan rings is 4. The topological polar surface area (TPSA) is 282 Å². The van der Waals surface area contributed by atoms with Crippen LogP contribution in [0.5, 0.6) is 23.8 Å². The molecule has 200 valence electrons. The minimum atomic E-state index is -1.62. The Hall–Kier alpha value is -3.81. The van der Waals surface area contributed by atoms with Crippen molar-refractivity contribution in [2.75, 3.05) is 0 Å². The smallest absolute Gasteiger partial charge is 0.484 e. The van der Waals surface area contributed by atoms with E-state index in [1.807, 2.05) is 0 Å². The van der Waals surface area contributed by atoms with Gasteiger partial charge in [0.1, 0.15) is 0 Å². The standard InChI is InChI=1S/4C5H4O4.Ca.Mg.H2O/c4*6-5(7)9-4-2-1-3-8-4;;;/h4*1-3H,(H,6,7);;;1H2/q;;;;2*+2;/p-4. The van der Waals surface area contributed by atoms with E-state index in [1.165, 1.54) is 73.6 Å². The van der Waals surface area contributed by atoms with Crippen LogP contribution in [0, 0.1) is 0 Å². The molecule has 0 amide bonds. The molecule has 17 nitrogen and oxygen atoms in total. The van der Waals surface area contributed by atoms with Gasteiger partial charge in [-0.15, -0.1) is 0 Å². The van der Waals surface area contributed by atoms with Gasteiger partial charge in [-0.25, -0.2) is 0 Å². The van der Waals surface area contributed by atoms with Crippen molar-refractivity contribution < 1.29 is 81.7 Å². The van der Waals surface area contributed by atoms with Crippen LogP contribution in [0.4, 0.5) is 19.2 Å². The summed E-state index contributed by atoms with van der Waals surface area (Å²) in [4.78, 5) is 38.7. The molecule has 4 aromatic heterocycles. The zero-order valence-electron chi connectivity index (χ0n) is 19.4. The molecule has 0 bridgehead atoms. The molecule has 0 atom stereocenters. The Labute approximate surface area is 262 Å². The van der Waals surface area contributed by atoms with Crippen molar-refractivity contribution in [1.82, 2.24) is 0 Å². The third kappa shape index (κ3) is 21.9. The predicted molar refractivity (Wildman–Crippen MR) is 114 cm³/mol. The van der Waals surface area contributed by atoms with Gasteiger partial charge >= 0.3 is 60.8 Å². The number of carbonyl (C=O) groups is 4. The third-order valence-electron chi connectivity index (χ3n) is 2.72. The van der Waals surface area contributed by atoms with E-state index in [9.17, 15) is 39.6 Å². The van der Waals surface area contributed by atoms with Crippen LogP contribution >= 0.6 is 0 Å². The second kappa shape index (κ2) is 23.3. The number of hydrogen-bond acceptors (Lipinski definition) is 16. The van der Waals surface area contributed by atoms with E-state index in [0.29, 0.717) is 0 Å². The summed E-state index contributed by atoms with van der Waals surface area (Å²) < 4.78 is 34.0. The molecule has 4 rings (SSSR count). The first-order valence-electron chi connectivity index (χ1n) is 8.85. The summed E-state index contributed by atoms with van der Waals surface area (Å²) in [5.41, 5.74) is 0. The number of carbonyl (C=O) groups excluding carboxylic acids is 4. The molecule has 19 heteroatoms. The number of rotatable bonds is 4. The van der Waals surface area contributed by atoms with Crippen molar-refractivity contribution in [1.29, 1.82) is 0 Å². The van der Waals surface area contributed by atoms with Crippen LogP contribution in [0.2, 0.25) is 0 Å². The van der Waals surface area contributed by atoms with Gasteiger partial charge in [0, 0.05) is 24.3 Å². The van der Waals surface area contributed by atoms with Crippen molar-refractivity contribution in [3.8, 4) is 23.8 Å². The molecule has 4 heterocycles. The van der Waals surface area contributed by atoms with Crippen LogP contribution in [0.25, 0.3) is 0 Å². The molecule has 0 fully saturated rings. The molecule has 0 saturated carbocycles. The molecule has 0 saturated heterocycles. The fraction of sp³-hybridized carbons (Fsp3) is 0. The first kappa shape index (κ1) is 39.7. The Balaban J connectivity index is -0.000000432. The summed E-state index contributed by atoms with van der Waals surface area (Å²) in [6.45, 7) is 0. The first-order chi connectivity index (χ1) is 17.2. The monoisotopic (exact) mass is 590 g/mol. The molecular weight excluding hydrogens is 577 g/mol. The maximum Gasteiger partial charge on any atom is 2.00 e. The van der Waals surface area contributed by atoms with Gasteiger partial charge in [0.15, 0.2) is 0 Å². The first-order valence-corrected chi connectivity index (χ1v) is 8.85. The van der Waals surface area contributed by atoms with E-state index in [4.69, 9.17) is 0 Å². The third-order valence-corrected chi connectivity index (χ3v) is 2.72. The normalized spacial score (nSPS) is 8.21. The maximum atomic E-state index is 9.67. The zero-order chi connectivity index (χ0) is 26.8. The summed E-state index contributed by atoms with van der Waals surface area (Å²) in [5.74, 6) is -0.296. The van der Waals surface area contributed by atoms with Gasteiger partial charge in [0.25, 0.3) is 24.6 Å².